The minimum absolute atomic E-state index is 0.393. The fraction of sp³-hybridized carbons (Fsp3) is 0.444. The van der Waals surface area contributed by atoms with E-state index in [1.54, 1.807) is 18.4 Å². The first kappa shape index (κ1) is 17.7. The van der Waals surface area contributed by atoms with Crippen LogP contribution in [0.3, 0.4) is 0 Å². The Bertz CT molecular complexity index is 746. The van der Waals surface area contributed by atoms with E-state index in [4.69, 9.17) is 9.47 Å². The van der Waals surface area contributed by atoms with Crippen molar-refractivity contribution in [3.05, 3.63) is 29.3 Å². The Morgan fingerprint density at radius 1 is 1.44 bits per heavy atom. The van der Waals surface area contributed by atoms with Gasteiger partial charge >= 0.3 is 5.97 Å². The van der Waals surface area contributed by atoms with Crippen LogP contribution in [0.4, 0.5) is 0 Å². The van der Waals surface area contributed by atoms with Gasteiger partial charge in [0.25, 0.3) is 0 Å². The van der Waals surface area contributed by atoms with E-state index in [-0.39, 0.29) is 0 Å². The SMILES string of the molecule is CCOc1ccc(-c2nc(CN3CCC[C@H]3C(=O)O)cs2)cc1OC. The summed E-state index contributed by atoms with van der Waals surface area (Å²) in [6.07, 6.45) is 1.63. The molecule has 0 bridgehead atoms. The van der Waals surface area contributed by atoms with Crippen LogP contribution in [0.1, 0.15) is 25.5 Å². The molecule has 0 unspecified atom stereocenters. The van der Waals surface area contributed by atoms with Gasteiger partial charge in [-0.3, -0.25) is 9.69 Å². The van der Waals surface area contributed by atoms with Crippen LogP contribution in [0.15, 0.2) is 23.6 Å². The highest BCUT2D eigenvalue weighted by Crippen LogP contribution is 2.34. The summed E-state index contributed by atoms with van der Waals surface area (Å²) in [6, 6.07) is 5.38. The van der Waals surface area contributed by atoms with Crippen molar-refractivity contribution in [2.75, 3.05) is 20.3 Å². The van der Waals surface area contributed by atoms with Crippen LogP contribution in [0, 0.1) is 0 Å². The zero-order valence-electron chi connectivity index (χ0n) is 14.4. The van der Waals surface area contributed by atoms with Crippen LogP contribution in [-0.2, 0) is 11.3 Å². The molecule has 0 aliphatic carbocycles. The van der Waals surface area contributed by atoms with Crippen molar-refractivity contribution in [3.8, 4) is 22.1 Å². The minimum atomic E-state index is -0.746. The van der Waals surface area contributed by atoms with Crippen molar-refractivity contribution in [3.63, 3.8) is 0 Å². The number of nitrogens with zero attached hydrogens (tertiary/aromatic N) is 2. The van der Waals surface area contributed by atoms with Gasteiger partial charge in [-0.25, -0.2) is 4.98 Å². The van der Waals surface area contributed by atoms with Crippen molar-refractivity contribution in [1.29, 1.82) is 0 Å². The van der Waals surface area contributed by atoms with E-state index in [0.717, 1.165) is 29.2 Å². The molecule has 1 aliphatic rings. The maximum atomic E-state index is 11.3. The third-order valence-corrected chi connectivity index (χ3v) is 5.22. The number of thiazole rings is 1. The lowest BCUT2D eigenvalue weighted by atomic mass is 10.2. The summed E-state index contributed by atoms with van der Waals surface area (Å²) >= 11 is 1.55. The number of methoxy groups -OCH3 is 1. The maximum absolute atomic E-state index is 11.3. The standard InChI is InChI=1S/C18H22N2O4S/c1-3-24-15-7-6-12(9-16(15)23-2)17-19-13(11-25-17)10-20-8-4-5-14(20)18(21)22/h6-7,9,11,14H,3-5,8,10H2,1-2H3,(H,21,22)/t14-/m0/s1. The smallest absolute Gasteiger partial charge is 0.320 e. The Labute approximate surface area is 151 Å². The number of carboxylic acid groups (broad SMARTS) is 1. The van der Waals surface area contributed by atoms with Gasteiger partial charge in [-0.15, -0.1) is 11.3 Å². The van der Waals surface area contributed by atoms with Crippen LogP contribution >= 0.6 is 11.3 Å². The van der Waals surface area contributed by atoms with Gasteiger partial charge in [0.1, 0.15) is 11.0 Å². The Balaban J connectivity index is 1.76. The molecular weight excluding hydrogens is 340 g/mol. The number of carbonyl (C=O) groups is 1. The number of hydrogen-bond acceptors (Lipinski definition) is 6. The highest BCUT2D eigenvalue weighted by atomic mass is 32.1. The molecule has 25 heavy (non-hydrogen) atoms. The molecule has 1 atom stereocenters. The minimum Gasteiger partial charge on any atom is -0.493 e. The average Bonchev–Trinajstić information content (AvgIpc) is 3.25. The average molecular weight is 362 g/mol. The van der Waals surface area contributed by atoms with Crippen molar-refractivity contribution >= 4 is 17.3 Å². The van der Waals surface area contributed by atoms with Gasteiger partial charge in [-0.2, -0.15) is 0 Å². The number of aliphatic carboxylic acids is 1. The Kier molecular flexibility index (Phi) is 5.55. The van der Waals surface area contributed by atoms with Crippen LogP contribution in [0.5, 0.6) is 11.5 Å². The van der Waals surface area contributed by atoms with Crippen LogP contribution < -0.4 is 9.47 Å². The largest absolute Gasteiger partial charge is 0.493 e. The van der Waals surface area contributed by atoms with E-state index in [0.29, 0.717) is 31.1 Å². The molecule has 2 heterocycles. The first-order chi connectivity index (χ1) is 12.1. The molecule has 1 saturated heterocycles. The number of ether oxygens (including phenoxy) is 2. The highest BCUT2D eigenvalue weighted by molar-refractivity contribution is 7.13. The van der Waals surface area contributed by atoms with Crippen molar-refractivity contribution < 1.29 is 19.4 Å². The second-order valence-corrected chi connectivity index (χ2v) is 6.77. The maximum Gasteiger partial charge on any atom is 0.320 e. The zero-order chi connectivity index (χ0) is 17.8. The monoisotopic (exact) mass is 362 g/mol. The summed E-state index contributed by atoms with van der Waals surface area (Å²) in [4.78, 5) is 18.0. The topological polar surface area (TPSA) is 71.9 Å². The second-order valence-electron chi connectivity index (χ2n) is 5.91. The molecule has 0 radical (unpaired) electrons. The Morgan fingerprint density at radius 2 is 2.28 bits per heavy atom. The summed E-state index contributed by atoms with van der Waals surface area (Å²) in [5.74, 6) is 0.651. The lowest BCUT2D eigenvalue weighted by Crippen LogP contribution is -2.35. The van der Waals surface area contributed by atoms with Gasteiger partial charge in [0.05, 0.1) is 19.4 Å². The molecule has 7 heteroatoms. The molecule has 1 aliphatic heterocycles. The number of hydrogen-bond donors (Lipinski definition) is 1. The third kappa shape index (κ3) is 3.93. The van der Waals surface area contributed by atoms with E-state index in [2.05, 4.69) is 4.98 Å². The van der Waals surface area contributed by atoms with E-state index < -0.39 is 12.0 Å². The molecular formula is C18H22N2O4S. The lowest BCUT2D eigenvalue weighted by Gasteiger charge is -2.19. The fourth-order valence-corrected chi connectivity index (χ4v) is 3.90. The molecule has 6 nitrogen and oxygen atoms in total. The summed E-state index contributed by atoms with van der Waals surface area (Å²) in [6.45, 7) is 3.89. The highest BCUT2D eigenvalue weighted by Gasteiger charge is 2.30. The van der Waals surface area contributed by atoms with Gasteiger partial charge in [-0.05, 0) is 44.5 Å². The number of aromatic nitrogens is 1. The molecule has 0 saturated carbocycles. The fourth-order valence-electron chi connectivity index (χ4n) is 3.09. The number of carboxylic acids is 1. The first-order valence-corrected chi connectivity index (χ1v) is 9.22. The summed E-state index contributed by atoms with van der Waals surface area (Å²) in [7, 11) is 1.62. The molecule has 1 aromatic heterocycles. The molecule has 1 N–H and O–H groups in total. The van der Waals surface area contributed by atoms with E-state index >= 15 is 0 Å². The van der Waals surface area contributed by atoms with Gasteiger partial charge < -0.3 is 14.6 Å². The quantitative estimate of drug-likeness (QED) is 0.815. The molecule has 134 valence electrons. The Morgan fingerprint density at radius 3 is 3.00 bits per heavy atom. The van der Waals surface area contributed by atoms with Crippen LogP contribution in [-0.4, -0.2) is 47.3 Å². The second kappa shape index (κ2) is 7.84. The molecule has 0 spiro atoms. The van der Waals surface area contributed by atoms with Gasteiger partial charge in [0.2, 0.25) is 0 Å². The molecule has 0 amide bonds. The van der Waals surface area contributed by atoms with Crippen molar-refractivity contribution in [1.82, 2.24) is 9.88 Å². The lowest BCUT2D eigenvalue weighted by molar-refractivity contribution is -0.142. The molecule has 3 rings (SSSR count). The molecule has 1 fully saturated rings. The number of likely N-dealkylation sites (tertiary alicyclic amines) is 1. The first-order valence-electron chi connectivity index (χ1n) is 8.34. The third-order valence-electron chi connectivity index (χ3n) is 4.28. The van der Waals surface area contributed by atoms with Gasteiger partial charge in [-0.1, -0.05) is 0 Å². The van der Waals surface area contributed by atoms with Crippen LogP contribution in [0.2, 0.25) is 0 Å². The van der Waals surface area contributed by atoms with E-state index in [1.807, 2.05) is 35.4 Å². The Hall–Kier alpha value is -2.12. The van der Waals surface area contributed by atoms with Crippen LogP contribution in [0.25, 0.3) is 10.6 Å². The zero-order valence-corrected chi connectivity index (χ0v) is 15.2. The summed E-state index contributed by atoms with van der Waals surface area (Å²) < 4.78 is 10.9. The normalized spacial score (nSPS) is 17.6. The molecule has 2 aromatic rings. The summed E-state index contributed by atoms with van der Waals surface area (Å²) in [5, 5.41) is 12.2. The summed E-state index contributed by atoms with van der Waals surface area (Å²) in [5.41, 5.74) is 1.87. The predicted octanol–water partition coefficient (Wildman–Crippen LogP) is 3.27. The van der Waals surface area contributed by atoms with E-state index in [1.165, 1.54) is 0 Å². The number of rotatable bonds is 7. The van der Waals surface area contributed by atoms with Gasteiger partial charge in [0, 0.05) is 17.5 Å². The predicted molar refractivity (Wildman–Crippen MR) is 96.3 cm³/mol. The molecule has 1 aromatic carbocycles. The van der Waals surface area contributed by atoms with Gasteiger partial charge in [0.15, 0.2) is 11.5 Å². The van der Waals surface area contributed by atoms with Crippen molar-refractivity contribution in [2.45, 2.75) is 32.4 Å². The number of benzene rings is 1. The van der Waals surface area contributed by atoms with E-state index in [9.17, 15) is 9.90 Å². The van der Waals surface area contributed by atoms with Crippen molar-refractivity contribution in [2.24, 2.45) is 0 Å².